The van der Waals surface area contributed by atoms with Gasteiger partial charge in [-0.15, -0.1) is 0 Å². The van der Waals surface area contributed by atoms with Crippen molar-refractivity contribution in [2.24, 2.45) is 0 Å². The van der Waals surface area contributed by atoms with Crippen molar-refractivity contribution in [2.75, 3.05) is 24.3 Å². The van der Waals surface area contributed by atoms with Gasteiger partial charge in [0, 0.05) is 18.4 Å². The van der Waals surface area contributed by atoms with E-state index < -0.39 is 0 Å². The Labute approximate surface area is 165 Å². The van der Waals surface area contributed by atoms with Gasteiger partial charge < -0.3 is 15.4 Å². The molecule has 144 valence electrons. The summed E-state index contributed by atoms with van der Waals surface area (Å²) in [5.41, 5.74) is 4.65. The second-order valence-electron chi connectivity index (χ2n) is 6.68. The smallest absolute Gasteiger partial charge is 0.257 e. The highest BCUT2D eigenvalue weighted by atomic mass is 16.5. The van der Waals surface area contributed by atoms with Crippen LogP contribution in [0.1, 0.15) is 27.0 Å². The second kappa shape index (κ2) is 9.04. The maximum atomic E-state index is 12.5. The molecular formula is C23H25N3O2. The van der Waals surface area contributed by atoms with Crippen LogP contribution in [0.2, 0.25) is 0 Å². The Morgan fingerprint density at radius 1 is 1.04 bits per heavy atom. The minimum atomic E-state index is -0.159. The largest absolute Gasteiger partial charge is 0.497 e. The Kier molecular flexibility index (Phi) is 6.27. The van der Waals surface area contributed by atoms with Crippen LogP contribution in [0.3, 0.4) is 0 Å². The predicted molar refractivity (Wildman–Crippen MR) is 113 cm³/mol. The van der Waals surface area contributed by atoms with Crippen molar-refractivity contribution < 1.29 is 9.53 Å². The van der Waals surface area contributed by atoms with Crippen LogP contribution in [0.25, 0.3) is 0 Å². The first kappa shape index (κ1) is 19.4. The molecule has 0 bridgehead atoms. The van der Waals surface area contributed by atoms with E-state index in [4.69, 9.17) is 4.74 Å². The quantitative estimate of drug-likeness (QED) is 0.633. The molecule has 2 aromatic carbocycles. The minimum absolute atomic E-state index is 0.159. The number of aryl methyl sites for hydroxylation is 2. The number of hydrogen-bond donors (Lipinski definition) is 2. The Balaban J connectivity index is 1.56. The maximum Gasteiger partial charge on any atom is 0.257 e. The van der Waals surface area contributed by atoms with Crippen LogP contribution in [0.5, 0.6) is 5.75 Å². The van der Waals surface area contributed by atoms with Gasteiger partial charge in [0.15, 0.2) is 0 Å². The average Bonchev–Trinajstić information content (AvgIpc) is 2.71. The monoisotopic (exact) mass is 375 g/mol. The normalized spacial score (nSPS) is 10.4. The summed E-state index contributed by atoms with van der Waals surface area (Å²) >= 11 is 0. The highest BCUT2D eigenvalue weighted by Gasteiger charge is 2.10. The van der Waals surface area contributed by atoms with Crippen LogP contribution in [0.15, 0.2) is 60.8 Å². The van der Waals surface area contributed by atoms with Crippen molar-refractivity contribution in [3.63, 3.8) is 0 Å². The van der Waals surface area contributed by atoms with Crippen molar-refractivity contribution in [3.8, 4) is 5.75 Å². The number of anilines is 2. The summed E-state index contributed by atoms with van der Waals surface area (Å²) in [5.74, 6) is 1.44. The first-order valence-electron chi connectivity index (χ1n) is 9.27. The fourth-order valence-corrected chi connectivity index (χ4v) is 2.99. The number of rotatable bonds is 7. The van der Waals surface area contributed by atoms with Gasteiger partial charge in [-0.25, -0.2) is 4.98 Å². The molecule has 1 amide bonds. The number of para-hydroxylation sites is 1. The zero-order valence-corrected chi connectivity index (χ0v) is 16.5. The van der Waals surface area contributed by atoms with Crippen molar-refractivity contribution in [1.82, 2.24) is 4.98 Å². The lowest BCUT2D eigenvalue weighted by Crippen LogP contribution is -2.14. The standard InChI is InChI=1S/C23H25N3O2/c1-16-6-4-7-17(2)22(16)26-23(27)19-10-11-21(25-15-19)24-13-12-18-8-5-9-20(14-18)28-3/h4-11,14-15H,12-13H2,1-3H3,(H,24,25)(H,26,27). The molecule has 0 fully saturated rings. The third-order valence-corrected chi connectivity index (χ3v) is 4.60. The predicted octanol–water partition coefficient (Wildman–Crippen LogP) is 4.61. The summed E-state index contributed by atoms with van der Waals surface area (Å²) in [7, 11) is 1.67. The molecule has 5 heteroatoms. The van der Waals surface area contributed by atoms with E-state index in [2.05, 4.69) is 21.7 Å². The molecule has 28 heavy (non-hydrogen) atoms. The lowest BCUT2D eigenvalue weighted by Gasteiger charge is -2.12. The van der Waals surface area contributed by atoms with Crippen LogP contribution >= 0.6 is 0 Å². The molecule has 0 aliphatic carbocycles. The summed E-state index contributed by atoms with van der Waals surface area (Å²) in [6, 6.07) is 17.6. The molecule has 0 saturated carbocycles. The van der Waals surface area contributed by atoms with E-state index in [0.717, 1.165) is 41.3 Å². The molecule has 2 N–H and O–H groups in total. The number of hydrogen-bond acceptors (Lipinski definition) is 4. The van der Waals surface area contributed by atoms with Crippen LogP contribution in [-0.4, -0.2) is 24.5 Å². The number of methoxy groups -OCH3 is 1. The SMILES string of the molecule is COc1cccc(CCNc2ccc(C(=O)Nc3c(C)cccc3C)cn2)c1. The third kappa shape index (κ3) is 4.88. The van der Waals surface area contributed by atoms with E-state index in [-0.39, 0.29) is 5.91 Å². The van der Waals surface area contributed by atoms with E-state index in [1.165, 1.54) is 5.56 Å². The Morgan fingerprint density at radius 3 is 2.46 bits per heavy atom. The van der Waals surface area contributed by atoms with E-state index in [1.807, 2.05) is 56.3 Å². The summed E-state index contributed by atoms with van der Waals surface area (Å²) in [6.45, 7) is 4.71. The first-order valence-corrected chi connectivity index (χ1v) is 9.27. The number of benzene rings is 2. The van der Waals surface area contributed by atoms with Gasteiger partial charge in [-0.1, -0.05) is 30.3 Å². The highest BCUT2D eigenvalue weighted by Crippen LogP contribution is 2.20. The van der Waals surface area contributed by atoms with Crippen molar-refractivity contribution in [2.45, 2.75) is 20.3 Å². The fourth-order valence-electron chi connectivity index (χ4n) is 2.99. The van der Waals surface area contributed by atoms with E-state index in [9.17, 15) is 4.79 Å². The molecule has 5 nitrogen and oxygen atoms in total. The minimum Gasteiger partial charge on any atom is -0.497 e. The lowest BCUT2D eigenvalue weighted by molar-refractivity contribution is 0.102. The molecule has 1 aromatic heterocycles. The maximum absolute atomic E-state index is 12.5. The number of amides is 1. The first-order chi connectivity index (χ1) is 13.6. The summed E-state index contributed by atoms with van der Waals surface area (Å²) < 4.78 is 5.24. The summed E-state index contributed by atoms with van der Waals surface area (Å²) in [5, 5.41) is 6.26. The van der Waals surface area contributed by atoms with Gasteiger partial charge in [0.25, 0.3) is 5.91 Å². The molecule has 0 unspecified atom stereocenters. The number of aromatic nitrogens is 1. The number of carbonyl (C=O) groups excluding carboxylic acids is 1. The molecular weight excluding hydrogens is 350 g/mol. The zero-order chi connectivity index (χ0) is 19.9. The van der Waals surface area contributed by atoms with Crippen molar-refractivity contribution >= 4 is 17.4 Å². The van der Waals surface area contributed by atoms with Gasteiger partial charge >= 0.3 is 0 Å². The molecule has 1 heterocycles. The molecule has 0 aliphatic rings. The third-order valence-electron chi connectivity index (χ3n) is 4.60. The highest BCUT2D eigenvalue weighted by molar-refractivity contribution is 6.04. The number of pyridine rings is 1. The summed E-state index contributed by atoms with van der Waals surface area (Å²) in [6.07, 6.45) is 2.45. The van der Waals surface area contributed by atoms with Crippen LogP contribution in [0, 0.1) is 13.8 Å². The molecule has 0 radical (unpaired) electrons. The number of nitrogens with one attached hydrogen (secondary N) is 2. The van der Waals surface area contributed by atoms with E-state index in [1.54, 1.807) is 19.4 Å². The lowest BCUT2D eigenvalue weighted by atomic mass is 10.1. The Hall–Kier alpha value is -3.34. The van der Waals surface area contributed by atoms with Gasteiger partial charge in [0.2, 0.25) is 0 Å². The molecule has 0 aliphatic heterocycles. The van der Waals surface area contributed by atoms with Crippen molar-refractivity contribution in [1.29, 1.82) is 0 Å². The van der Waals surface area contributed by atoms with Crippen LogP contribution in [-0.2, 0) is 6.42 Å². The zero-order valence-electron chi connectivity index (χ0n) is 16.5. The summed E-state index contributed by atoms with van der Waals surface area (Å²) in [4.78, 5) is 16.9. The molecule has 0 atom stereocenters. The van der Waals surface area contributed by atoms with Crippen LogP contribution in [0.4, 0.5) is 11.5 Å². The topological polar surface area (TPSA) is 63.2 Å². The van der Waals surface area contributed by atoms with Gasteiger partial charge in [0.05, 0.1) is 12.7 Å². The van der Waals surface area contributed by atoms with Gasteiger partial charge in [0.1, 0.15) is 11.6 Å². The van der Waals surface area contributed by atoms with Gasteiger partial charge in [-0.3, -0.25) is 4.79 Å². The molecule has 0 spiro atoms. The number of nitrogens with zero attached hydrogens (tertiary/aromatic N) is 1. The number of carbonyl (C=O) groups is 1. The van der Waals surface area contributed by atoms with Gasteiger partial charge in [-0.2, -0.15) is 0 Å². The molecule has 3 rings (SSSR count). The molecule has 0 saturated heterocycles. The second-order valence-corrected chi connectivity index (χ2v) is 6.68. The molecule has 3 aromatic rings. The van der Waals surface area contributed by atoms with E-state index >= 15 is 0 Å². The van der Waals surface area contributed by atoms with E-state index in [0.29, 0.717) is 5.56 Å². The van der Waals surface area contributed by atoms with Gasteiger partial charge in [-0.05, 0) is 61.2 Å². The van der Waals surface area contributed by atoms with Crippen LogP contribution < -0.4 is 15.4 Å². The Bertz CT molecular complexity index is 932. The average molecular weight is 375 g/mol. The fraction of sp³-hybridized carbons (Fsp3) is 0.217. The van der Waals surface area contributed by atoms with Crippen molar-refractivity contribution in [3.05, 3.63) is 83.0 Å². The Morgan fingerprint density at radius 2 is 1.79 bits per heavy atom. The number of ether oxygens (including phenoxy) is 1.